The fraction of sp³-hybridized carbons (Fsp3) is 0.889. The number of hydrogen-bond donors (Lipinski definition) is 1. The Kier molecular flexibility index (Phi) is 4.18. The zero-order valence-electron chi connectivity index (χ0n) is 8.34. The monoisotopic (exact) mass is 188 g/mol. The average molecular weight is 188 g/mol. The van der Waals surface area contributed by atoms with Gasteiger partial charge in [0.25, 0.3) is 0 Å². The lowest BCUT2D eigenvalue weighted by atomic mass is 10.4. The minimum absolute atomic E-state index is 0.0919. The molecule has 1 atom stereocenters. The molecule has 1 fully saturated rings. The first-order valence-electron chi connectivity index (χ1n) is 4.79. The summed E-state index contributed by atoms with van der Waals surface area (Å²) in [7, 11) is 0. The fourth-order valence-electron chi connectivity index (χ4n) is 1.31. The van der Waals surface area contributed by atoms with E-state index in [2.05, 4.69) is 0 Å². The predicted octanol–water partition coefficient (Wildman–Crippen LogP) is -1.15. The number of hydrogen-bond acceptors (Lipinski definition) is 3. The van der Waals surface area contributed by atoms with Gasteiger partial charge in [-0.05, 0) is 13.8 Å². The van der Waals surface area contributed by atoms with E-state index < -0.39 is 0 Å². The van der Waals surface area contributed by atoms with E-state index in [1.165, 1.54) is 4.90 Å². The number of ether oxygens (including phenoxy) is 2. The molecule has 1 aliphatic heterocycles. The van der Waals surface area contributed by atoms with E-state index in [0.29, 0.717) is 13.2 Å². The predicted molar refractivity (Wildman–Crippen MR) is 47.6 cm³/mol. The zero-order valence-corrected chi connectivity index (χ0v) is 8.34. The van der Waals surface area contributed by atoms with Crippen molar-refractivity contribution in [3.63, 3.8) is 0 Å². The van der Waals surface area contributed by atoms with Crippen molar-refractivity contribution in [2.75, 3.05) is 32.8 Å². The molecule has 0 aromatic rings. The second kappa shape index (κ2) is 5.19. The molecule has 0 aromatic carbocycles. The van der Waals surface area contributed by atoms with Crippen LogP contribution >= 0.6 is 0 Å². The van der Waals surface area contributed by atoms with Crippen molar-refractivity contribution >= 4 is 5.97 Å². The van der Waals surface area contributed by atoms with Crippen LogP contribution in [0.25, 0.3) is 0 Å². The maximum atomic E-state index is 10.9. The Bertz CT molecular complexity index is 170. The van der Waals surface area contributed by atoms with Gasteiger partial charge in [-0.3, -0.25) is 0 Å². The van der Waals surface area contributed by atoms with Gasteiger partial charge in [0.1, 0.15) is 19.7 Å². The highest BCUT2D eigenvalue weighted by molar-refractivity contribution is 5.70. The van der Waals surface area contributed by atoms with Crippen molar-refractivity contribution in [2.45, 2.75) is 20.0 Å². The second-order valence-corrected chi connectivity index (χ2v) is 3.57. The standard InChI is InChI=1S/C9H17NO3/c1-8(2)12-5-3-10-4-6-13-9(11)7-10/h8H,3-7H2,1-2H3/p+1. The summed E-state index contributed by atoms with van der Waals surface area (Å²) in [5.41, 5.74) is 0. The zero-order chi connectivity index (χ0) is 9.68. The van der Waals surface area contributed by atoms with Crippen molar-refractivity contribution in [1.82, 2.24) is 0 Å². The molecule has 13 heavy (non-hydrogen) atoms. The lowest BCUT2D eigenvalue weighted by Gasteiger charge is -2.22. The SMILES string of the molecule is CC(C)OCC[NH+]1CCOC(=O)C1. The highest BCUT2D eigenvalue weighted by atomic mass is 16.5. The molecule has 76 valence electrons. The van der Waals surface area contributed by atoms with Gasteiger partial charge < -0.3 is 14.4 Å². The quantitative estimate of drug-likeness (QED) is 0.567. The van der Waals surface area contributed by atoms with Gasteiger partial charge in [0, 0.05) is 0 Å². The molecule has 0 amide bonds. The van der Waals surface area contributed by atoms with Gasteiger partial charge in [-0.1, -0.05) is 0 Å². The number of nitrogens with one attached hydrogen (secondary N) is 1. The molecule has 4 heteroatoms. The summed E-state index contributed by atoms with van der Waals surface area (Å²) < 4.78 is 10.2. The second-order valence-electron chi connectivity index (χ2n) is 3.57. The van der Waals surface area contributed by atoms with E-state index in [0.717, 1.165) is 19.7 Å². The highest BCUT2D eigenvalue weighted by Crippen LogP contribution is 1.85. The highest BCUT2D eigenvalue weighted by Gasteiger charge is 2.20. The van der Waals surface area contributed by atoms with Crippen LogP contribution in [0.2, 0.25) is 0 Å². The Balaban J connectivity index is 2.10. The summed E-state index contributed by atoms with van der Waals surface area (Å²) >= 11 is 0. The summed E-state index contributed by atoms with van der Waals surface area (Å²) in [6, 6.07) is 0. The van der Waals surface area contributed by atoms with Gasteiger partial charge in [0.2, 0.25) is 0 Å². The summed E-state index contributed by atoms with van der Waals surface area (Å²) in [6.07, 6.45) is 0.274. The number of quaternary nitrogens is 1. The van der Waals surface area contributed by atoms with Gasteiger partial charge in [0.05, 0.1) is 12.7 Å². The summed E-state index contributed by atoms with van der Waals surface area (Å²) in [4.78, 5) is 12.1. The third kappa shape index (κ3) is 4.24. The minimum atomic E-state index is -0.0919. The number of esters is 1. The maximum Gasteiger partial charge on any atom is 0.361 e. The minimum Gasteiger partial charge on any atom is -0.456 e. The first-order chi connectivity index (χ1) is 6.18. The first kappa shape index (κ1) is 10.5. The van der Waals surface area contributed by atoms with E-state index in [1.807, 2.05) is 13.8 Å². The maximum absolute atomic E-state index is 10.9. The van der Waals surface area contributed by atoms with Crippen molar-refractivity contribution in [3.8, 4) is 0 Å². The first-order valence-corrected chi connectivity index (χ1v) is 4.79. The molecule has 1 saturated heterocycles. The lowest BCUT2D eigenvalue weighted by Crippen LogP contribution is -3.15. The van der Waals surface area contributed by atoms with Gasteiger partial charge in [-0.15, -0.1) is 0 Å². The van der Waals surface area contributed by atoms with Crippen LogP contribution in [0.1, 0.15) is 13.8 Å². The third-order valence-electron chi connectivity index (χ3n) is 2.02. The summed E-state index contributed by atoms with van der Waals surface area (Å²) in [5.74, 6) is -0.0919. The van der Waals surface area contributed by atoms with Gasteiger partial charge in [-0.2, -0.15) is 0 Å². The van der Waals surface area contributed by atoms with Crippen LogP contribution in [0, 0.1) is 0 Å². The Morgan fingerprint density at radius 2 is 2.38 bits per heavy atom. The lowest BCUT2D eigenvalue weighted by molar-refractivity contribution is -0.897. The molecule has 0 saturated carbocycles. The van der Waals surface area contributed by atoms with Crippen molar-refractivity contribution in [2.24, 2.45) is 0 Å². The molecule has 4 nitrogen and oxygen atoms in total. The van der Waals surface area contributed by atoms with Crippen molar-refractivity contribution in [1.29, 1.82) is 0 Å². The van der Waals surface area contributed by atoms with Gasteiger partial charge in [0.15, 0.2) is 6.54 Å². The molecule has 1 rings (SSSR count). The fourth-order valence-corrected chi connectivity index (χ4v) is 1.31. The van der Waals surface area contributed by atoms with Crippen LogP contribution in [0.4, 0.5) is 0 Å². The Hall–Kier alpha value is -0.610. The molecule has 1 aliphatic rings. The van der Waals surface area contributed by atoms with Crippen LogP contribution in [0.3, 0.4) is 0 Å². The molecule has 1 unspecified atom stereocenters. The van der Waals surface area contributed by atoms with Crippen LogP contribution in [-0.2, 0) is 14.3 Å². The molecule has 0 aliphatic carbocycles. The number of carbonyl (C=O) groups excluding carboxylic acids is 1. The van der Waals surface area contributed by atoms with Gasteiger partial charge in [-0.25, -0.2) is 4.79 Å². The van der Waals surface area contributed by atoms with Crippen molar-refractivity contribution < 1.29 is 19.2 Å². The molecular weight excluding hydrogens is 170 g/mol. The molecule has 1 heterocycles. The van der Waals surface area contributed by atoms with Crippen LogP contribution in [0.5, 0.6) is 0 Å². The van der Waals surface area contributed by atoms with Crippen LogP contribution in [-0.4, -0.2) is 44.9 Å². The topological polar surface area (TPSA) is 40.0 Å². The number of morpholine rings is 1. The Morgan fingerprint density at radius 1 is 1.62 bits per heavy atom. The molecule has 0 aromatic heterocycles. The van der Waals surface area contributed by atoms with Crippen molar-refractivity contribution in [3.05, 3.63) is 0 Å². The van der Waals surface area contributed by atoms with E-state index in [9.17, 15) is 4.79 Å². The normalized spacial score (nSPS) is 23.3. The van der Waals surface area contributed by atoms with E-state index in [-0.39, 0.29) is 12.1 Å². The summed E-state index contributed by atoms with van der Waals surface area (Å²) in [6.45, 7) is 7.59. The Morgan fingerprint density at radius 3 is 3.00 bits per heavy atom. The van der Waals surface area contributed by atoms with Crippen LogP contribution < -0.4 is 4.90 Å². The molecule has 1 N–H and O–H groups in total. The average Bonchev–Trinajstić information content (AvgIpc) is 2.03. The summed E-state index contributed by atoms with van der Waals surface area (Å²) in [5, 5.41) is 0. The van der Waals surface area contributed by atoms with E-state index >= 15 is 0 Å². The van der Waals surface area contributed by atoms with E-state index in [1.54, 1.807) is 0 Å². The van der Waals surface area contributed by atoms with Crippen LogP contribution in [0.15, 0.2) is 0 Å². The number of cyclic esters (lactones) is 1. The van der Waals surface area contributed by atoms with E-state index in [4.69, 9.17) is 9.47 Å². The molecular formula is C9H18NO3+. The number of carbonyl (C=O) groups is 1. The largest absolute Gasteiger partial charge is 0.456 e. The Labute approximate surface area is 78.8 Å². The molecule has 0 spiro atoms. The smallest absolute Gasteiger partial charge is 0.361 e. The number of rotatable bonds is 4. The molecule has 0 bridgehead atoms. The molecule has 0 radical (unpaired) electrons. The third-order valence-corrected chi connectivity index (χ3v) is 2.02. The van der Waals surface area contributed by atoms with Gasteiger partial charge >= 0.3 is 5.97 Å².